The Morgan fingerprint density at radius 1 is 1.33 bits per heavy atom. The molecule has 0 saturated carbocycles. The molecule has 1 aliphatic heterocycles. The number of amides is 1. The Labute approximate surface area is 123 Å². The molecule has 0 unspecified atom stereocenters. The Morgan fingerprint density at radius 2 is 2.05 bits per heavy atom. The van der Waals surface area contributed by atoms with Crippen LogP contribution >= 0.6 is 11.8 Å². The van der Waals surface area contributed by atoms with Crippen LogP contribution in [0.2, 0.25) is 0 Å². The first-order valence-electron chi connectivity index (χ1n) is 6.33. The fourth-order valence-corrected chi connectivity index (χ4v) is 3.15. The van der Waals surface area contributed by atoms with Gasteiger partial charge in [0.25, 0.3) is 0 Å². The molecule has 1 aliphatic rings. The molecule has 0 aliphatic carbocycles. The van der Waals surface area contributed by atoms with Gasteiger partial charge in [-0.05, 0) is 18.6 Å². The van der Waals surface area contributed by atoms with Crippen LogP contribution in [0.5, 0.6) is 0 Å². The van der Waals surface area contributed by atoms with Crippen LogP contribution in [-0.4, -0.2) is 44.8 Å². The largest absolute Gasteiger partial charge is 0.345 e. The van der Waals surface area contributed by atoms with Gasteiger partial charge in [0.2, 0.25) is 11.1 Å². The van der Waals surface area contributed by atoms with E-state index >= 15 is 0 Å². The quantitative estimate of drug-likeness (QED) is 0.943. The number of aromatic nitrogens is 3. The summed E-state index contributed by atoms with van der Waals surface area (Å²) in [5.41, 5.74) is 0.279. The molecule has 5 nitrogen and oxygen atoms in total. The summed E-state index contributed by atoms with van der Waals surface area (Å²) in [6, 6.07) is 3.14. The lowest BCUT2D eigenvalue weighted by molar-refractivity contribution is -0.126. The van der Waals surface area contributed by atoms with Crippen LogP contribution in [0.15, 0.2) is 23.4 Å². The molecule has 0 spiro atoms. The normalized spacial score (nSPS) is 18.5. The Morgan fingerprint density at radius 3 is 2.67 bits per heavy atom. The molecular formula is C13H12F2N4OS. The first-order valence-corrected chi connectivity index (χ1v) is 7.21. The molecule has 8 heteroatoms. The van der Waals surface area contributed by atoms with Crippen molar-refractivity contribution in [3.8, 4) is 11.4 Å². The smallest absolute Gasteiger partial charge is 0.235 e. The molecule has 1 fully saturated rings. The third-order valence-electron chi connectivity index (χ3n) is 3.23. The van der Waals surface area contributed by atoms with Crippen LogP contribution in [0.25, 0.3) is 11.4 Å². The van der Waals surface area contributed by atoms with Crippen molar-refractivity contribution >= 4 is 17.7 Å². The molecule has 1 atom stereocenters. The topological polar surface area (TPSA) is 61.9 Å². The summed E-state index contributed by atoms with van der Waals surface area (Å²) in [5, 5.41) is 6.81. The Balaban J connectivity index is 1.79. The number of H-pyrrole nitrogens is 1. The second-order valence-electron chi connectivity index (χ2n) is 4.78. The van der Waals surface area contributed by atoms with E-state index in [0.717, 1.165) is 12.5 Å². The van der Waals surface area contributed by atoms with Gasteiger partial charge < -0.3 is 4.90 Å². The second kappa shape index (κ2) is 5.44. The Kier molecular flexibility index (Phi) is 3.62. The molecule has 1 saturated heterocycles. The third-order valence-corrected chi connectivity index (χ3v) is 4.34. The summed E-state index contributed by atoms with van der Waals surface area (Å²) in [5.74, 6) is -1.04. The van der Waals surface area contributed by atoms with E-state index in [1.807, 2.05) is 0 Å². The second-order valence-corrected chi connectivity index (χ2v) is 5.95. The van der Waals surface area contributed by atoms with Gasteiger partial charge in [-0.2, -0.15) is 0 Å². The van der Waals surface area contributed by atoms with Crippen LogP contribution in [0, 0.1) is 11.6 Å². The van der Waals surface area contributed by atoms with Gasteiger partial charge in [-0.15, -0.1) is 5.10 Å². The fourth-order valence-electron chi connectivity index (χ4n) is 2.15. The number of aromatic amines is 1. The van der Waals surface area contributed by atoms with Gasteiger partial charge in [-0.1, -0.05) is 11.8 Å². The average molecular weight is 310 g/mol. The number of likely N-dealkylation sites (tertiary alicyclic amines) is 1. The van der Waals surface area contributed by atoms with Crippen molar-refractivity contribution < 1.29 is 13.6 Å². The third kappa shape index (κ3) is 2.90. The van der Waals surface area contributed by atoms with E-state index in [-0.39, 0.29) is 22.5 Å². The number of thioether (sulfide) groups is 1. The number of hydrogen-bond acceptors (Lipinski definition) is 4. The highest BCUT2D eigenvalue weighted by molar-refractivity contribution is 8.00. The monoisotopic (exact) mass is 310 g/mol. The number of halogens is 2. The first kappa shape index (κ1) is 14.0. The molecule has 110 valence electrons. The van der Waals surface area contributed by atoms with Gasteiger partial charge in [-0.25, -0.2) is 13.8 Å². The zero-order valence-electron chi connectivity index (χ0n) is 11.1. The maximum Gasteiger partial charge on any atom is 0.235 e. The lowest BCUT2D eigenvalue weighted by atomic mass is 10.2. The highest BCUT2D eigenvalue weighted by atomic mass is 32.2. The summed E-state index contributed by atoms with van der Waals surface area (Å²) >= 11 is 1.25. The first-order chi connectivity index (χ1) is 10.0. The van der Waals surface area contributed by atoms with Crippen molar-refractivity contribution in [2.24, 2.45) is 0 Å². The molecule has 2 heterocycles. The number of nitrogens with zero attached hydrogens (tertiary/aromatic N) is 3. The number of carbonyl (C=O) groups excluding carboxylic acids is 1. The molecule has 0 radical (unpaired) electrons. The van der Waals surface area contributed by atoms with Crippen LogP contribution < -0.4 is 0 Å². The van der Waals surface area contributed by atoms with E-state index in [9.17, 15) is 13.6 Å². The molecule has 21 heavy (non-hydrogen) atoms. The standard InChI is InChI=1S/C13H12F2N4OS/c1-19-3-2-10(12(19)20)21-13-16-11(17-18-13)7-4-8(14)6-9(15)5-7/h4-6,10H,2-3H2,1H3,(H,16,17,18)/t10-/m0/s1. The van der Waals surface area contributed by atoms with Crippen molar-refractivity contribution in [2.75, 3.05) is 13.6 Å². The van der Waals surface area contributed by atoms with Crippen molar-refractivity contribution in [1.29, 1.82) is 0 Å². The molecule has 2 aromatic rings. The summed E-state index contributed by atoms with van der Waals surface area (Å²) < 4.78 is 26.4. The number of benzene rings is 1. The molecule has 0 bridgehead atoms. The van der Waals surface area contributed by atoms with E-state index in [0.29, 0.717) is 11.7 Å². The van der Waals surface area contributed by atoms with E-state index in [1.165, 1.54) is 23.9 Å². The predicted octanol–water partition coefficient (Wildman–Crippen LogP) is 2.07. The minimum absolute atomic E-state index is 0.0446. The number of hydrogen-bond donors (Lipinski definition) is 1. The van der Waals surface area contributed by atoms with E-state index < -0.39 is 11.6 Å². The minimum atomic E-state index is -0.678. The van der Waals surface area contributed by atoms with Crippen molar-refractivity contribution in [3.63, 3.8) is 0 Å². The fraction of sp³-hybridized carbons (Fsp3) is 0.308. The Hall–Kier alpha value is -1.96. The van der Waals surface area contributed by atoms with Crippen LogP contribution in [0.4, 0.5) is 8.78 Å². The zero-order valence-corrected chi connectivity index (χ0v) is 12.0. The predicted molar refractivity (Wildman–Crippen MR) is 73.6 cm³/mol. The van der Waals surface area contributed by atoms with Crippen molar-refractivity contribution in [3.05, 3.63) is 29.8 Å². The number of nitrogens with one attached hydrogen (secondary N) is 1. The summed E-state index contributed by atoms with van der Waals surface area (Å²) in [4.78, 5) is 17.7. The van der Waals surface area contributed by atoms with Gasteiger partial charge in [0.05, 0.1) is 5.25 Å². The van der Waals surface area contributed by atoms with Crippen LogP contribution in [0.1, 0.15) is 6.42 Å². The summed E-state index contributed by atoms with van der Waals surface area (Å²) in [6.45, 7) is 0.711. The SMILES string of the molecule is CN1CC[C@H](Sc2n[nH]c(-c3cc(F)cc(F)c3)n2)C1=O. The molecule has 1 aromatic carbocycles. The van der Waals surface area contributed by atoms with Crippen molar-refractivity contribution in [2.45, 2.75) is 16.8 Å². The lowest BCUT2D eigenvalue weighted by Crippen LogP contribution is -2.23. The van der Waals surface area contributed by atoms with E-state index in [1.54, 1.807) is 11.9 Å². The molecular weight excluding hydrogens is 298 g/mol. The number of carbonyl (C=O) groups is 1. The van der Waals surface area contributed by atoms with E-state index in [4.69, 9.17) is 0 Å². The average Bonchev–Trinajstić information content (AvgIpc) is 3.00. The zero-order chi connectivity index (χ0) is 15.0. The maximum atomic E-state index is 13.2. The Bertz CT molecular complexity index is 670. The van der Waals surface area contributed by atoms with Crippen LogP contribution in [0.3, 0.4) is 0 Å². The van der Waals surface area contributed by atoms with Crippen molar-refractivity contribution in [1.82, 2.24) is 20.1 Å². The highest BCUT2D eigenvalue weighted by Gasteiger charge is 2.31. The molecule has 3 rings (SSSR count). The molecule has 1 N–H and O–H groups in total. The van der Waals surface area contributed by atoms with E-state index in [2.05, 4.69) is 15.2 Å². The lowest BCUT2D eigenvalue weighted by Gasteiger charge is -2.07. The van der Waals surface area contributed by atoms with Gasteiger partial charge in [0.15, 0.2) is 5.82 Å². The summed E-state index contributed by atoms with van der Waals surface area (Å²) in [7, 11) is 1.75. The maximum absolute atomic E-state index is 13.2. The number of rotatable bonds is 3. The van der Waals surface area contributed by atoms with Gasteiger partial charge >= 0.3 is 0 Å². The minimum Gasteiger partial charge on any atom is -0.345 e. The van der Waals surface area contributed by atoms with Gasteiger partial charge in [0.1, 0.15) is 11.6 Å². The summed E-state index contributed by atoms with van der Waals surface area (Å²) in [6.07, 6.45) is 0.735. The molecule has 1 amide bonds. The highest BCUT2D eigenvalue weighted by Crippen LogP contribution is 2.29. The van der Waals surface area contributed by atoms with Crippen LogP contribution in [-0.2, 0) is 4.79 Å². The van der Waals surface area contributed by atoms with Gasteiger partial charge in [-0.3, -0.25) is 9.89 Å². The van der Waals surface area contributed by atoms with Gasteiger partial charge in [0, 0.05) is 25.2 Å². The molecule has 1 aromatic heterocycles.